The lowest BCUT2D eigenvalue weighted by Gasteiger charge is -2.28. The summed E-state index contributed by atoms with van der Waals surface area (Å²) in [7, 11) is 0. The molecule has 1 atom stereocenters. The molecule has 27 heavy (non-hydrogen) atoms. The number of thiophene rings is 1. The van der Waals surface area contributed by atoms with Crippen LogP contribution in [0.25, 0.3) is 0 Å². The van der Waals surface area contributed by atoms with Crippen LogP contribution in [0, 0.1) is 0 Å². The van der Waals surface area contributed by atoms with Crippen molar-refractivity contribution in [3.8, 4) is 0 Å². The molecule has 138 valence electrons. The molecule has 1 unspecified atom stereocenters. The molecule has 2 aliphatic rings. The molecular formula is C20H19N3O3S. The highest BCUT2D eigenvalue weighted by Gasteiger charge is 2.36. The van der Waals surface area contributed by atoms with Gasteiger partial charge in [-0.15, -0.1) is 11.3 Å². The first-order valence-electron chi connectivity index (χ1n) is 9.02. The summed E-state index contributed by atoms with van der Waals surface area (Å²) in [5.41, 5.74) is 2.11. The van der Waals surface area contributed by atoms with E-state index in [1.807, 2.05) is 24.3 Å². The lowest BCUT2D eigenvalue weighted by molar-refractivity contribution is -0.134. The normalized spacial score (nSPS) is 19.9. The Morgan fingerprint density at radius 3 is 2.93 bits per heavy atom. The van der Waals surface area contributed by atoms with Gasteiger partial charge >= 0.3 is 0 Å². The number of nitrogens with zero attached hydrogens (tertiary/aromatic N) is 3. The maximum absolute atomic E-state index is 13.1. The van der Waals surface area contributed by atoms with E-state index >= 15 is 0 Å². The zero-order valence-corrected chi connectivity index (χ0v) is 15.5. The van der Waals surface area contributed by atoms with Crippen LogP contribution >= 0.6 is 11.3 Å². The molecule has 0 N–H and O–H groups in total. The van der Waals surface area contributed by atoms with Gasteiger partial charge in [0.25, 0.3) is 5.91 Å². The van der Waals surface area contributed by atoms with Gasteiger partial charge in [0.2, 0.25) is 0 Å². The third-order valence-corrected chi connectivity index (χ3v) is 6.11. The lowest BCUT2D eigenvalue weighted by atomic mass is 10.1. The highest BCUT2D eigenvalue weighted by atomic mass is 32.1. The summed E-state index contributed by atoms with van der Waals surface area (Å²) in [4.78, 5) is 16.7. The maximum atomic E-state index is 13.1. The van der Waals surface area contributed by atoms with Crippen molar-refractivity contribution in [3.05, 3.63) is 70.2 Å². The van der Waals surface area contributed by atoms with Crippen LogP contribution in [0.3, 0.4) is 0 Å². The first-order valence-corrected chi connectivity index (χ1v) is 9.90. The van der Waals surface area contributed by atoms with Gasteiger partial charge in [0.15, 0.2) is 0 Å². The van der Waals surface area contributed by atoms with E-state index in [2.05, 4.69) is 21.4 Å². The van der Waals surface area contributed by atoms with Gasteiger partial charge in [-0.1, -0.05) is 0 Å². The van der Waals surface area contributed by atoms with Gasteiger partial charge in [-0.2, -0.15) is 5.10 Å². The van der Waals surface area contributed by atoms with Crippen molar-refractivity contribution in [1.82, 2.24) is 9.91 Å². The zero-order chi connectivity index (χ0) is 18.2. The SMILES string of the molecule is O=C(CN1CCc2sccc2C1)N1N=C(c2ccco2)CC1c1ccco1. The topological polar surface area (TPSA) is 62.2 Å². The van der Waals surface area contributed by atoms with Gasteiger partial charge < -0.3 is 8.83 Å². The molecule has 0 saturated heterocycles. The van der Waals surface area contributed by atoms with Gasteiger partial charge in [0.05, 0.1) is 19.1 Å². The van der Waals surface area contributed by atoms with Crippen molar-refractivity contribution >= 4 is 23.0 Å². The molecule has 7 heteroatoms. The van der Waals surface area contributed by atoms with Gasteiger partial charge in [-0.25, -0.2) is 5.01 Å². The number of amides is 1. The van der Waals surface area contributed by atoms with E-state index in [1.54, 1.807) is 28.9 Å². The molecule has 0 aliphatic carbocycles. The first kappa shape index (κ1) is 16.5. The summed E-state index contributed by atoms with van der Waals surface area (Å²) in [6, 6.07) is 9.36. The summed E-state index contributed by atoms with van der Waals surface area (Å²) in [5.74, 6) is 1.42. The molecule has 3 aromatic rings. The number of carbonyl (C=O) groups excluding carboxylic acids is 1. The van der Waals surface area contributed by atoms with Gasteiger partial charge in [-0.05, 0) is 47.7 Å². The van der Waals surface area contributed by atoms with Crippen LogP contribution in [0.4, 0.5) is 0 Å². The molecule has 1 amide bonds. The number of furan rings is 2. The molecule has 5 heterocycles. The predicted molar refractivity (Wildman–Crippen MR) is 101 cm³/mol. The largest absolute Gasteiger partial charge is 0.467 e. The average Bonchev–Trinajstić information content (AvgIpc) is 3.48. The molecule has 3 aromatic heterocycles. The van der Waals surface area contributed by atoms with Gasteiger partial charge in [-0.3, -0.25) is 9.69 Å². The Morgan fingerprint density at radius 2 is 2.11 bits per heavy atom. The molecule has 0 saturated carbocycles. The van der Waals surface area contributed by atoms with E-state index in [0.29, 0.717) is 18.7 Å². The fraction of sp³-hybridized carbons (Fsp3) is 0.300. The fourth-order valence-corrected chi connectivity index (χ4v) is 4.63. The van der Waals surface area contributed by atoms with E-state index in [1.165, 1.54) is 10.4 Å². The summed E-state index contributed by atoms with van der Waals surface area (Å²) in [6.07, 6.45) is 4.84. The number of rotatable bonds is 4. The van der Waals surface area contributed by atoms with Gasteiger partial charge in [0.1, 0.15) is 23.3 Å². The number of hydrogen-bond donors (Lipinski definition) is 0. The lowest BCUT2D eigenvalue weighted by Crippen LogP contribution is -2.40. The van der Waals surface area contributed by atoms with Crippen LogP contribution in [0.2, 0.25) is 0 Å². The van der Waals surface area contributed by atoms with Crippen molar-refractivity contribution in [3.63, 3.8) is 0 Å². The maximum Gasteiger partial charge on any atom is 0.257 e. The third-order valence-electron chi connectivity index (χ3n) is 5.09. The molecule has 0 spiro atoms. The number of hydrogen-bond acceptors (Lipinski definition) is 6. The predicted octanol–water partition coefficient (Wildman–Crippen LogP) is 3.67. The minimum absolute atomic E-state index is 0.0170. The van der Waals surface area contributed by atoms with E-state index < -0.39 is 0 Å². The van der Waals surface area contributed by atoms with Crippen LogP contribution in [0.1, 0.15) is 34.4 Å². The number of carbonyl (C=O) groups is 1. The van der Waals surface area contributed by atoms with Crippen LogP contribution in [0.15, 0.2) is 62.2 Å². The summed E-state index contributed by atoms with van der Waals surface area (Å²) in [6.45, 7) is 2.06. The zero-order valence-electron chi connectivity index (χ0n) is 14.7. The Hall–Kier alpha value is -2.64. The standard InChI is InChI=1S/C20H19N3O3S/c24-20(13-22-7-5-19-14(12-22)6-10-27-19)23-16(18-4-2-9-26-18)11-15(21-23)17-3-1-8-25-17/h1-4,6,8-10,16H,5,7,11-13H2. The second-order valence-corrected chi connectivity index (χ2v) is 7.83. The molecule has 0 bridgehead atoms. The molecule has 0 radical (unpaired) electrons. The van der Waals surface area contributed by atoms with Crippen molar-refractivity contribution in [2.45, 2.75) is 25.4 Å². The monoisotopic (exact) mass is 381 g/mol. The van der Waals surface area contributed by atoms with Gasteiger partial charge in [0, 0.05) is 24.4 Å². The number of fused-ring (bicyclic) bond motifs is 1. The van der Waals surface area contributed by atoms with Crippen LogP contribution < -0.4 is 0 Å². The quantitative estimate of drug-likeness (QED) is 0.692. The minimum atomic E-state index is -0.228. The fourth-order valence-electron chi connectivity index (χ4n) is 3.74. The molecular weight excluding hydrogens is 362 g/mol. The van der Waals surface area contributed by atoms with E-state index in [9.17, 15) is 4.79 Å². The summed E-state index contributed by atoms with van der Waals surface area (Å²) in [5, 5.41) is 8.29. The third kappa shape index (κ3) is 3.13. The second-order valence-electron chi connectivity index (χ2n) is 6.83. The van der Waals surface area contributed by atoms with E-state index in [-0.39, 0.29) is 11.9 Å². The van der Waals surface area contributed by atoms with Crippen molar-refractivity contribution < 1.29 is 13.6 Å². The van der Waals surface area contributed by atoms with Crippen molar-refractivity contribution in [1.29, 1.82) is 0 Å². The highest BCUT2D eigenvalue weighted by Crippen LogP contribution is 2.33. The van der Waals surface area contributed by atoms with Crippen molar-refractivity contribution in [2.75, 3.05) is 13.1 Å². The summed E-state index contributed by atoms with van der Waals surface area (Å²) >= 11 is 1.80. The van der Waals surface area contributed by atoms with Crippen LogP contribution in [-0.2, 0) is 17.8 Å². The van der Waals surface area contributed by atoms with Crippen LogP contribution in [0.5, 0.6) is 0 Å². The molecule has 0 fully saturated rings. The molecule has 6 nitrogen and oxygen atoms in total. The molecule has 5 rings (SSSR count). The molecule has 2 aliphatic heterocycles. The Labute approximate surface area is 160 Å². The number of hydrazone groups is 1. The Kier molecular flexibility index (Phi) is 4.18. The van der Waals surface area contributed by atoms with Crippen LogP contribution in [-0.4, -0.2) is 34.6 Å². The summed E-state index contributed by atoms with van der Waals surface area (Å²) < 4.78 is 11.1. The van der Waals surface area contributed by atoms with E-state index in [4.69, 9.17) is 8.83 Å². The molecule has 0 aromatic carbocycles. The van der Waals surface area contributed by atoms with E-state index in [0.717, 1.165) is 31.0 Å². The Morgan fingerprint density at radius 1 is 1.22 bits per heavy atom. The average molecular weight is 381 g/mol. The minimum Gasteiger partial charge on any atom is -0.467 e. The second kappa shape index (κ2) is 6.83. The smallest absolute Gasteiger partial charge is 0.257 e. The highest BCUT2D eigenvalue weighted by molar-refractivity contribution is 7.10. The first-order chi connectivity index (χ1) is 13.3. The Balaban J connectivity index is 1.36. The van der Waals surface area contributed by atoms with Crippen molar-refractivity contribution in [2.24, 2.45) is 5.10 Å². The Bertz CT molecular complexity index is 959.